The highest BCUT2D eigenvalue weighted by molar-refractivity contribution is 6.33. The number of rotatable bonds is 4. The van der Waals surface area contributed by atoms with Gasteiger partial charge in [0.2, 0.25) is 0 Å². The van der Waals surface area contributed by atoms with Crippen LogP contribution in [0.25, 0.3) is 0 Å². The quantitative estimate of drug-likeness (QED) is 0.743. The van der Waals surface area contributed by atoms with Gasteiger partial charge in [-0.25, -0.2) is 4.39 Å². The van der Waals surface area contributed by atoms with Gasteiger partial charge in [-0.1, -0.05) is 29.3 Å². The zero-order valence-corrected chi connectivity index (χ0v) is 12.7. The van der Waals surface area contributed by atoms with Crippen LogP contribution in [-0.4, -0.2) is 7.11 Å². The van der Waals surface area contributed by atoms with Crippen molar-refractivity contribution in [3.8, 4) is 5.75 Å². The SMILES string of the molecule is COc1cccc(Cl)c1CNc1c(N)cc(N)c(Cl)c1F. The molecule has 0 aliphatic carbocycles. The van der Waals surface area contributed by atoms with Gasteiger partial charge in [0, 0.05) is 17.1 Å². The second kappa shape index (κ2) is 6.28. The Labute approximate surface area is 131 Å². The van der Waals surface area contributed by atoms with Crippen molar-refractivity contribution in [1.29, 1.82) is 0 Å². The molecule has 7 heteroatoms. The number of nitrogen functional groups attached to an aromatic ring is 2. The Morgan fingerprint density at radius 3 is 2.62 bits per heavy atom. The molecule has 2 rings (SSSR count). The van der Waals surface area contributed by atoms with Gasteiger partial charge in [0.25, 0.3) is 0 Å². The van der Waals surface area contributed by atoms with Crippen LogP contribution in [0.15, 0.2) is 24.3 Å². The number of methoxy groups -OCH3 is 1. The monoisotopic (exact) mass is 329 g/mol. The number of hydrogen-bond acceptors (Lipinski definition) is 4. The van der Waals surface area contributed by atoms with Gasteiger partial charge < -0.3 is 21.5 Å². The summed E-state index contributed by atoms with van der Waals surface area (Å²) in [6, 6.07) is 6.65. The van der Waals surface area contributed by atoms with E-state index in [1.807, 2.05) is 0 Å². The second-order valence-corrected chi connectivity index (χ2v) is 5.12. The predicted molar refractivity (Wildman–Crippen MR) is 85.6 cm³/mol. The summed E-state index contributed by atoms with van der Waals surface area (Å²) >= 11 is 11.9. The molecular weight excluding hydrogens is 316 g/mol. The maximum atomic E-state index is 14.1. The number of nitrogens with two attached hydrogens (primary N) is 2. The molecule has 0 spiro atoms. The van der Waals surface area contributed by atoms with Crippen LogP contribution in [-0.2, 0) is 6.54 Å². The first-order valence-corrected chi connectivity index (χ1v) is 6.79. The average molecular weight is 330 g/mol. The summed E-state index contributed by atoms with van der Waals surface area (Å²) in [7, 11) is 1.53. The molecule has 0 aliphatic rings. The van der Waals surface area contributed by atoms with Crippen molar-refractivity contribution in [1.82, 2.24) is 0 Å². The molecule has 2 aromatic rings. The zero-order valence-electron chi connectivity index (χ0n) is 11.2. The lowest BCUT2D eigenvalue weighted by molar-refractivity contribution is 0.410. The van der Waals surface area contributed by atoms with Gasteiger partial charge in [-0.05, 0) is 18.2 Å². The zero-order chi connectivity index (χ0) is 15.6. The molecule has 0 fully saturated rings. The minimum atomic E-state index is -0.694. The van der Waals surface area contributed by atoms with Crippen molar-refractivity contribution in [2.45, 2.75) is 6.54 Å². The Morgan fingerprint density at radius 1 is 1.24 bits per heavy atom. The highest BCUT2D eigenvalue weighted by Crippen LogP contribution is 2.35. The van der Waals surface area contributed by atoms with Gasteiger partial charge in [0.15, 0.2) is 5.82 Å². The number of anilines is 3. The normalized spacial score (nSPS) is 10.5. The van der Waals surface area contributed by atoms with Crippen molar-refractivity contribution in [3.63, 3.8) is 0 Å². The van der Waals surface area contributed by atoms with Crippen molar-refractivity contribution in [3.05, 3.63) is 45.7 Å². The summed E-state index contributed by atoms with van der Waals surface area (Å²) in [5.74, 6) is -0.101. The molecule has 0 saturated heterocycles. The number of ether oxygens (including phenoxy) is 1. The molecule has 5 N–H and O–H groups in total. The van der Waals surface area contributed by atoms with Crippen LogP contribution in [0.4, 0.5) is 21.5 Å². The van der Waals surface area contributed by atoms with E-state index >= 15 is 0 Å². The first-order chi connectivity index (χ1) is 9.95. The third kappa shape index (κ3) is 3.09. The molecule has 0 amide bonds. The van der Waals surface area contributed by atoms with Crippen LogP contribution in [0.1, 0.15) is 5.56 Å². The van der Waals surface area contributed by atoms with E-state index in [2.05, 4.69) is 5.32 Å². The molecule has 2 aromatic carbocycles. The molecule has 0 atom stereocenters. The molecule has 112 valence electrons. The molecule has 21 heavy (non-hydrogen) atoms. The second-order valence-electron chi connectivity index (χ2n) is 4.33. The summed E-state index contributed by atoms with van der Waals surface area (Å²) in [5, 5.41) is 3.21. The summed E-state index contributed by atoms with van der Waals surface area (Å²) in [4.78, 5) is 0. The van der Waals surface area contributed by atoms with E-state index in [0.717, 1.165) is 0 Å². The number of halogens is 3. The highest BCUT2D eigenvalue weighted by atomic mass is 35.5. The molecule has 0 saturated carbocycles. The van der Waals surface area contributed by atoms with E-state index in [9.17, 15) is 4.39 Å². The van der Waals surface area contributed by atoms with E-state index in [4.69, 9.17) is 39.4 Å². The fourth-order valence-corrected chi connectivity index (χ4v) is 2.31. The Morgan fingerprint density at radius 2 is 1.95 bits per heavy atom. The van der Waals surface area contributed by atoms with Crippen molar-refractivity contribution >= 4 is 40.3 Å². The smallest absolute Gasteiger partial charge is 0.169 e. The van der Waals surface area contributed by atoms with E-state index in [0.29, 0.717) is 16.3 Å². The van der Waals surface area contributed by atoms with Gasteiger partial charge in [-0.15, -0.1) is 0 Å². The standard InChI is InChI=1S/C14H14Cl2FN3O/c1-21-11-4-2-3-8(15)7(11)6-20-14-10(19)5-9(18)12(16)13(14)17/h2-5,20H,6,18-19H2,1H3. The highest BCUT2D eigenvalue weighted by Gasteiger charge is 2.15. The lowest BCUT2D eigenvalue weighted by atomic mass is 10.1. The van der Waals surface area contributed by atoms with E-state index in [1.165, 1.54) is 13.2 Å². The summed E-state index contributed by atoms with van der Waals surface area (Å²) in [6.45, 7) is 0.226. The van der Waals surface area contributed by atoms with Crippen molar-refractivity contribution < 1.29 is 9.13 Å². The predicted octanol–water partition coefficient (Wildman–Crippen LogP) is 3.92. The Hall–Kier alpha value is -1.85. The van der Waals surface area contributed by atoms with Crippen LogP contribution in [0, 0.1) is 5.82 Å². The fourth-order valence-electron chi connectivity index (χ4n) is 1.92. The van der Waals surface area contributed by atoms with Gasteiger partial charge in [0.05, 0.1) is 24.2 Å². The maximum Gasteiger partial charge on any atom is 0.169 e. The number of nitrogens with one attached hydrogen (secondary N) is 1. The topological polar surface area (TPSA) is 73.3 Å². The molecule has 0 aliphatic heterocycles. The van der Waals surface area contributed by atoms with E-state index < -0.39 is 5.82 Å². The van der Waals surface area contributed by atoms with E-state index in [1.54, 1.807) is 18.2 Å². The fraction of sp³-hybridized carbons (Fsp3) is 0.143. The van der Waals surface area contributed by atoms with Crippen molar-refractivity contribution in [2.75, 3.05) is 23.9 Å². The number of benzene rings is 2. The third-order valence-corrected chi connectivity index (χ3v) is 3.74. The molecule has 0 radical (unpaired) electrons. The average Bonchev–Trinajstić information content (AvgIpc) is 2.46. The van der Waals surface area contributed by atoms with Crippen LogP contribution in [0.2, 0.25) is 10.0 Å². The Bertz CT molecular complexity index is 680. The molecule has 0 aromatic heterocycles. The van der Waals surface area contributed by atoms with Gasteiger partial charge in [-0.2, -0.15) is 0 Å². The first kappa shape index (κ1) is 15.5. The summed E-state index contributed by atoms with van der Waals surface area (Å²) in [6.07, 6.45) is 0. The first-order valence-electron chi connectivity index (χ1n) is 6.04. The molecular formula is C14H14Cl2FN3O. The van der Waals surface area contributed by atoms with Crippen LogP contribution < -0.4 is 21.5 Å². The molecule has 0 heterocycles. The van der Waals surface area contributed by atoms with Crippen LogP contribution in [0.3, 0.4) is 0 Å². The van der Waals surface area contributed by atoms with Gasteiger partial charge in [-0.3, -0.25) is 0 Å². The Kier molecular flexibility index (Phi) is 4.65. The van der Waals surface area contributed by atoms with Crippen molar-refractivity contribution in [2.24, 2.45) is 0 Å². The number of hydrogen-bond donors (Lipinski definition) is 3. The minimum Gasteiger partial charge on any atom is -0.496 e. The minimum absolute atomic E-state index is 0.0798. The lowest BCUT2D eigenvalue weighted by Gasteiger charge is -2.15. The van der Waals surface area contributed by atoms with Gasteiger partial charge >= 0.3 is 0 Å². The van der Waals surface area contributed by atoms with Crippen LogP contribution in [0.5, 0.6) is 5.75 Å². The van der Waals surface area contributed by atoms with Gasteiger partial charge in [0.1, 0.15) is 10.8 Å². The summed E-state index contributed by atoms with van der Waals surface area (Å²) in [5.41, 5.74) is 12.3. The van der Waals surface area contributed by atoms with E-state index in [-0.39, 0.29) is 28.6 Å². The lowest BCUT2D eigenvalue weighted by Crippen LogP contribution is -2.08. The largest absolute Gasteiger partial charge is 0.496 e. The summed E-state index contributed by atoms with van der Waals surface area (Å²) < 4.78 is 19.3. The molecule has 0 unspecified atom stereocenters. The van der Waals surface area contributed by atoms with Crippen LogP contribution >= 0.6 is 23.2 Å². The maximum absolute atomic E-state index is 14.1. The third-order valence-electron chi connectivity index (χ3n) is 3.00. The Balaban J connectivity index is 2.32. The molecule has 4 nitrogen and oxygen atoms in total. The molecule has 0 bridgehead atoms.